The van der Waals surface area contributed by atoms with Crippen LogP contribution in [-0.4, -0.2) is 31.2 Å². The van der Waals surface area contributed by atoms with Crippen molar-refractivity contribution in [2.45, 2.75) is 19.5 Å². The number of hydrogen-bond donors (Lipinski definition) is 2. The highest BCUT2D eigenvalue weighted by atomic mass is 127. The maximum Gasteiger partial charge on any atom is 0.165 e. The lowest BCUT2D eigenvalue weighted by atomic mass is 10.2. The van der Waals surface area contributed by atoms with Gasteiger partial charge in [-0.2, -0.15) is 0 Å². The van der Waals surface area contributed by atoms with Crippen molar-refractivity contribution in [2.24, 2.45) is 0 Å². The van der Waals surface area contributed by atoms with Crippen molar-refractivity contribution in [1.29, 1.82) is 0 Å². The van der Waals surface area contributed by atoms with E-state index in [1.54, 1.807) is 6.33 Å². The van der Waals surface area contributed by atoms with Gasteiger partial charge in [-0.1, -0.05) is 12.1 Å². The van der Waals surface area contributed by atoms with Gasteiger partial charge in [0.15, 0.2) is 11.5 Å². The summed E-state index contributed by atoms with van der Waals surface area (Å²) in [6, 6.07) is 8.22. The number of hydrogen-bond acceptors (Lipinski definition) is 5. The summed E-state index contributed by atoms with van der Waals surface area (Å²) < 4.78 is 3.05. The van der Waals surface area contributed by atoms with Gasteiger partial charge in [0.2, 0.25) is 0 Å². The lowest BCUT2D eigenvalue weighted by Gasteiger charge is -2.10. The number of anilines is 1. The quantitative estimate of drug-likeness (QED) is 0.634. The van der Waals surface area contributed by atoms with E-state index in [1.165, 1.54) is 15.5 Å². The van der Waals surface area contributed by atoms with Crippen LogP contribution in [0.3, 0.4) is 0 Å². The summed E-state index contributed by atoms with van der Waals surface area (Å²) >= 11 is 2.30. The van der Waals surface area contributed by atoms with Crippen molar-refractivity contribution in [1.82, 2.24) is 19.5 Å². The van der Waals surface area contributed by atoms with E-state index in [9.17, 15) is 5.11 Å². The van der Waals surface area contributed by atoms with Crippen LogP contribution in [0.15, 0.2) is 36.9 Å². The van der Waals surface area contributed by atoms with Crippen molar-refractivity contribution in [3.8, 4) is 0 Å². The Hall–Kier alpha value is -1.74. The summed E-state index contributed by atoms with van der Waals surface area (Å²) in [5.41, 5.74) is 2.62. The lowest BCUT2D eigenvalue weighted by Crippen LogP contribution is -2.09. The largest absolute Gasteiger partial charge is 0.394 e. The van der Waals surface area contributed by atoms with Gasteiger partial charge in [-0.05, 0) is 47.2 Å². The zero-order valence-corrected chi connectivity index (χ0v) is 14.2. The normalized spacial score (nSPS) is 12.5. The van der Waals surface area contributed by atoms with Gasteiger partial charge < -0.3 is 15.0 Å². The zero-order valence-electron chi connectivity index (χ0n) is 12.1. The Morgan fingerprint density at radius 3 is 2.95 bits per heavy atom. The molecule has 6 nitrogen and oxygen atoms in total. The number of aliphatic hydroxyl groups is 1. The third-order valence-corrected chi connectivity index (χ3v) is 4.12. The van der Waals surface area contributed by atoms with Gasteiger partial charge in [0.05, 0.1) is 19.0 Å². The zero-order chi connectivity index (χ0) is 15.5. The standard InChI is InChI=1S/C15H16IN5O/c1-10(7-22)21-9-20-13-14(18-8-19-15(13)21)17-6-11-3-2-4-12(16)5-11/h2-5,8-10,22H,6-7H2,1H3,(H,17,18,19)/t10-/m0/s1. The molecule has 0 saturated heterocycles. The number of rotatable bonds is 5. The van der Waals surface area contributed by atoms with E-state index < -0.39 is 0 Å². The smallest absolute Gasteiger partial charge is 0.165 e. The molecule has 1 aromatic carbocycles. The summed E-state index contributed by atoms with van der Waals surface area (Å²) in [5, 5.41) is 12.6. The third-order valence-electron chi connectivity index (χ3n) is 3.45. The monoisotopic (exact) mass is 409 g/mol. The van der Waals surface area contributed by atoms with E-state index in [0.29, 0.717) is 17.9 Å². The Balaban J connectivity index is 1.87. The fourth-order valence-corrected chi connectivity index (χ4v) is 2.83. The molecular formula is C15H16IN5O. The number of nitrogens with zero attached hydrogens (tertiary/aromatic N) is 4. The van der Waals surface area contributed by atoms with Gasteiger partial charge in [0, 0.05) is 10.1 Å². The lowest BCUT2D eigenvalue weighted by molar-refractivity contribution is 0.241. The Morgan fingerprint density at radius 2 is 2.18 bits per heavy atom. The Morgan fingerprint density at radius 1 is 1.32 bits per heavy atom. The van der Waals surface area contributed by atoms with Crippen molar-refractivity contribution < 1.29 is 5.11 Å². The second-order valence-electron chi connectivity index (χ2n) is 5.06. The molecule has 2 heterocycles. The van der Waals surface area contributed by atoms with E-state index in [2.05, 4.69) is 61.1 Å². The van der Waals surface area contributed by atoms with Crippen molar-refractivity contribution in [2.75, 3.05) is 11.9 Å². The van der Waals surface area contributed by atoms with Gasteiger partial charge >= 0.3 is 0 Å². The molecule has 0 aliphatic rings. The molecule has 0 aliphatic heterocycles. The summed E-state index contributed by atoms with van der Waals surface area (Å²) in [7, 11) is 0. The maximum absolute atomic E-state index is 9.31. The van der Waals surface area contributed by atoms with Crippen LogP contribution in [0.1, 0.15) is 18.5 Å². The molecule has 3 aromatic rings. The van der Waals surface area contributed by atoms with E-state index in [4.69, 9.17) is 0 Å². The third kappa shape index (κ3) is 3.05. The van der Waals surface area contributed by atoms with Crippen LogP contribution in [-0.2, 0) is 6.54 Å². The van der Waals surface area contributed by atoms with E-state index >= 15 is 0 Å². The second kappa shape index (κ2) is 6.57. The number of fused-ring (bicyclic) bond motifs is 1. The van der Waals surface area contributed by atoms with Crippen LogP contribution < -0.4 is 5.32 Å². The maximum atomic E-state index is 9.31. The van der Waals surface area contributed by atoms with Crippen LogP contribution in [0.2, 0.25) is 0 Å². The number of imidazole rings is 1. The highest BCUT2D eigenvalue weighted by molar-refractivity contribution is 14.1. The number of aliphatic hydroxyl groups excluding tert-OH is 1. The SMILES string of the molecule is C[C@@H](CO)n1cnc2c(NCc3cccc(I)c3)ncnc21. The minimum Gasteiger partial charge on any atom is -0.394 e. The molecule has 7 heteroatoms. The molecule has 22 heavy (non-hydrogen) atoms. The molecule has 0 fully saturated rings. The number of halogens is 1. The van der Waals surface area contributed by atoms with Gasteiger partial charge in [-0.25, -0.2) is 15.0 Å². The average Bonchev–Trinajstić information content (AvgIpc) is 2.97. The molecule has 0 radical (unpaired) electrons. The summed E-state index contributed by atoms with van der Waals surface area (Å²) in [4.78, 5) is 12.9. The first-order valence-electron chi connectivity index (χ1n) is 6.95. The van der Waals surface area contributed by atoms with Crippen LogP contribution in [0.25, 0.3) is 11.2 Å². The molecule has 0 spiro atoms. The van der Waals surface area contributed by atoms with Gasteiger partial charge in [-0.15, -0.1) is 0 Å². The molecule has 2 N–H and O–H groups in total. The number of nitrogens with one attached hydrogen (secondary N) is 1. The molecular weight excluding hydrogens is 393 g/mol. The Kier molecular flexibility index (Phi) is 4.53. The van der Waals surface area contributed by atoms with E-state index in [1.807, 2.05) is 17.6 Å². The topological polar surface area (TPSA) is 75.9 Å². The van der Waals surface area contributed by atoms with Crippen LogP contribution in [0.4, 0.5) is 5.82 Å². The molecule has 0 amide bonds. The van der Waals surface area contributed by atoms with Crippen LogP contribution in [0.5, 0.6) is 0 Å². The Bertz CT molecular complexity index is 788. The van der Waals surface area contributed by atoms with Crippen molar-refractivity contribution >= 4 is 39.6 Å². The van der Waals surface area contributed by atoms with Crippen LogP contribution in [0, 0.1) is 3.57 Å². The molecule has 0 unspecified atom stereocenters. The van der Waals surface area contributed by atoms with Crippen molar-refractivity contribution in [3.05, 3.63) is 46.1 Å². The minimum absolute atomic E-state index is 0.0423. The first-order valence-corrected chi connectivity index (χ1v) is 8.03. The Labute approximate surface area is 141 Å². The first-order chi connectivity index (χ1) is 10.7. The van der Waals surface area contributed by atoms with Gasteiger partial charge in [0.25, 0.3) is 0 Å². The molecule has 0 bridgehead atoms. The van der Waals surface area contributed by atoms with Gasteiger partial charge in [0.1, 0.15) is 11.8 Å². The number of benzene rings is 1. The fourth-order valence-electron chi connectivity index (χ4n) is 2.22. The molecule has 0 saturated carbocycles. The van der Waals surface area contributed by atoms with E-state index in [-0.39, 0.29) is 12.6 Å². The highest BCUT2D eigenvalue weighted by Crippen LogP contribution is 2.21. The predicted molar refractivity (Wildman–Crippen MR) is 93.6 cm³/mol. The van der Waals surface area contributed by atoms with Gasteiger partial charge in [-0.3, -0.25) is 0 Å². The van der Waals surface area contributed by atoms with Crippen LogP contribution >= 0.6 is 22.6 Å². The summed E-state index contributed by atoms with van der Waals surface area (Å²) in [5.74, 6) is 0.702. The molecule has 3 rings (SSSR count). The fraction of sp³-hybridized carbons (Fsp3) is 0.267. The molecule has 2 aromatic heterocycles. The molecule has 0 aliphatic carbocycles. The molecule has 114 valence electrons. The average molecular weight is 409 g/mol. The predicted octanol–water partition coefficient (Wildman–Crippen LogP) is 2.60. The summed E-state index contributed by atoms with van der Waals surface area (Å²) in [6.45, 7) is 2.63. The first kappa shape index (κ1) is 15.2. The van der Waals surface area contributed by atoms with E-state index in [0.717, 1.165) is 5.65 Å². The highest BCUT2D eigenvalue weighted by Gasteiger charge is 2.13. The molecule has 1 atom stereocenters. The second-order valence-corrected chi connectivity index (χ2v) is 6.31. The number of aromatic nitrogens is 4. The minimum atomic E-state index is -0.0662. The summed E-state index contributed by atoms with van der Waals surface area (Å²) in [6.07, 6.45) is 3.21. The van der Waals surface area contributed by atoms with Crippen molar-refractivity contribution in [3.63, 3.8) is 0 Å².